The molecule has 1 fully saturated rings. The lowest BCUT2D eigenvalue weighted by atomic mass is 9.99. The quantitative estimate of drug-likeness (QED) is 0.795. The minimum atomic E-state index is -0.624. The monoisotopic (exact) mass is 313 g/mol. The Labute approximate surface area is 135 Å². The number of pyridine rings is 1. The molecule has 0 bridgehead atoms. The summed E-state index contributed by atoms with van der Waals surface area (Å²) in [5.41, 5.74) is 0.772. The third kappa shape index (κ3) is 3.11. The van der Waals surface area contributed by atoms with E-state index >= 15 is 0 Å². The molecule has 1 heterocycles. The van der Waals surface area contributed by atoms with Crippen molar-refractivity contribution in [3.8, 4) is 11.1 Å². The van der Waals surface area contributed by atoms with Crippen LogP contribution in [-0.4, -0.2) is 16.6 Å². The molecule has 3 nitrogen and oxygen atoms in total. The van der Waals surface area contributed by atoms with Gasteiger partial charge in [-0.15, -0.1) is 0 Å². The van der Waals surface area contributed by atoms with Gasteiger partial charge in [0.1, 0.15) is 16.8 Å². The molecule has 120 valence electrons. The summed E-state index contributed by atoms with van der Waals surface area (Å²) in [5.74, 6) is -0.508. The summed E-state index contributed by atoms with van der Waals surface area (Å²) in [6.07, 6.45) is 3.11. The fourth-order valence-corrected chi connectivity index (χ4v) is 2.60. The molecule has 0 saturated heterocycles. The maximum Gasteiger partial charge on any atom is 0.318 e. The van der Waals surface area contributed by atoms with Crippen LogP contribution in [0.15, 0.2) is 42.6 Å². The number of aromatic nitrogens is 1. The summed E-state index contributed by atoms with van der Waals surface area (Å²) in [4.78, 5) is 16.8. The molecule has 3 rings (SSSR count). The van der Waals surface area contributed by atoms with Gasteiger partial charge in [0.2, 0.25) is 0 Å². The smallest absolute Gasteiger partial charge is 0.318 e. The van der Waals surface area contributed by atoms with Crippen LogP contribution in [0.4, 0.5) is 4.39 Å². The Balaban J connectivity index is 1.86. The van der Waals surface area contributed by atoms with Crippen LogP contribution in [0.2, 0.25) is 0 Å². The summed E-state index contributed by atoms with van der Waals surface area (Å²) in [6.45, 7) is 5.57. The van der Waals surface area contributed by atoms with E-state index in [-0.39, 0.29) is 11.8 Å². The summed E-state index contributed by atoms with van der Waals surface area (Å²) < 4.78 is 19.3. The molecule has 0 aliphatic heterocycles. The molecule has 0 N–H and O–H groups in total. The normalized spacial score (nSPS) is 16.0. The van der Waals surface area contributed by atoms with E-state index in [1.54, 1.807) is 30.5 Å². The number of halogens is 1. The van der Waals surface area contributed by atoms with Crippen LogP contribution in [0.25, 0.3) is 11.1 Å². The second-order valence-corrected chi connectivity index (χ2v) is 7.00. The van der Waals surface area contributed by atoms with Gasteiger partial charge < -0.3 is 4.74 Å². The van der Waals surface area contributed by atoms with Crippen LogP contribution >= 0.6 is 0 Å². The van der Waals surface area contributed by atoms with Gasteiger partial charge in [-0.1, -0.05) is 24.3 Å². The summed E-state index contributed by atoms with van der Waals surface area (Å²) >= 11 is 0. The van der Waals surface area contributed by atoms with Gasteiger partial charge in [-0.25, -0.2) is 4.39 Å². The van der Waals surface area contributed by atoms with E-state index in [0.29, 0.717) is 16.8 Å². The first-order valence-electron chi connectivity index (χ1n) is 7.77. The predicted molar refractivity (Wildman–Crippen MR) is 86.4 cm³/mol. The number of hydrogen-bond donors (Lipinski definition) is 0. The highest BCUT2D eigenvalue weighted by Crippen LogP contribution is 2.49. The number of esters is 1. The third-order valence-corrected chi connectivity index (χ3v) is 3.98. The molecule has 1 saturated carbocycles. The van der Waals surface area contributed by atoms with Crippen LogP contribution in [-0.2, 0) is 14.9 Å². The first-order chi connectivity index (χ1) is 10.8. The molecule has 23 heavy (non-hydrogen) atoms. The van der Waals surface area contributed by atoms with Gasteiger partial charge in [0.25, 0.3) is 0 Å². The van der Waals surface area contributed by atoms with Gasteiger partial charge in [0, 0.05) is 17.3 Å². The molecule has 0 unspecified atom stereocenters. The van der Waals surface area contributed by atoms with E-state index in [1.807, 2.05) is 26.8 Å². The Hall–Kier alpha value is -2.23. The highest BCUT2D eigenvalue weighted by atomic mass is 19.1. The summed E-state index contributed by atoms with van der Waals surface area (Å²) in [7, 11) is 0. The van der Waals surface area contributed by atoms with Crippen LogP contribution in [0.3, 0.4) is 0 Å². The van der Waals surface area contributed by atoms with Gasteiger partial charge in [-0.2, -0.15) is 0 Å². The van der Waals surface area contributed by atoms with Gasteiger partial charge in [-0.05, 0) is 45.7 Å². The second kappa shape index (κ2) is 5.44. The molecule has 2 aromatic rings. The lowest BCUT2D eigenvalue weighted by Gasteiger charge is -2.23. The number of hydrogen-bond acceptors (Lipinski definition) is 3. The highest BCUT2D eigenvalue weighted by Gasteiger charge is 2.54. The average molecular weight is 313 g/mol. The maximum absolute atomic E-state index is 13.8. The SMILES string of the molecule is CC(C)(C)OC(=O)C1(c2ccc(-c3ccccc3F)cn2)CC1. The van der Waals surface area contributed by atoms with Gasteiger partial charge in [0.05, 0.1) is 5.69 Å². The standard InChI is InChI=1S/C19H20FNO2/c1-18(2,3)23-17(22)19(10-11-19)16-9-8-13(12-21-16)14-6-4-5-7-15(14)20/h4-9,12H,10-11H2,1-3H3. The molecule has 1 aliphatic carbocycles. The van der Waals surface area contributed by atoms with Gasteiger partial charge in [0.15, 0.2) is 0 Å². The molecule has 0 spiro atoms. The van der Waals surface area contributed by atoms with Gasteiger partial charge in [-0.3, -0.25) is 9.78 Å². The van der Waals surface area contributed by atoms with Gasteiger partial charge >= 0.3 is 5.97 Å². The van der Waals surface area contributed by atoms with Crippen molar-refractivity contribution in [3.63, 3.8) is 0 Å². The van der Waals surface area contributed by atoms with E-state index in [1.165, 1.54) is 6.07 Å². The number of benzene rings is 1. The lowest BCUT2D eigenvalue weighted by molar-refractivity contribution is -0.158. The van der Waals surface area contributed by atoms with Crippen molar-refractivity contribution in [3.05, 3.63) is 54.1 Å². The first kappa shape index (κ1) is 15.7. The Morgan fingerprint density at radius 3 is 2.39 bits per heavy atom. The van der Waals surface area contributed by atoms with E-state index < -0.39 is 11.0 Å². The molecule has 1 aromatic heterocycles. The van der Waals surface area contributed by atoms with Crippen molar-refractivity contribution in [2.75, 3.05) is 0 Å². The number of carbonyl (C=O) groups excluding carboxylic acids is 1. The Kier molecular flexibility index (Phi) is 3.71. The van der Waals surface area contributed by atoms with Crippen molar-refractivity contribution in [1.82, 2.24) is 4.98 Å². The maximum atomic E-state index is 13.8. The Morgan fingerprint density at radius 2 is 1.87 bits per heavy atom. The number of ether oxygens (including phenoxy) is 1. The van der Waals surface area contributed by atoms with Crippen molar-refractivity contribution in [2.24, 2.45) is 0 Å². The third-order valence-electron chi connectivity index (χ3n) is 3.98. The van der Waals surface area contributed by atoms with E-state index in [2.05, 4.69) is 4.98 Å². The fraction of sp³-hybridized carbons (Fsp3) is 0.368. The minimum absolute atomic E-state index is 0.226. The first-order valence-corrected chi connectivity index (χ1v) is 7.77. The predicted octanol–water partition coefficient (Wildman–Crippen LogP) is 4.26. The molecule has 0 atom stereocenters. The zero-order valence-corrected chi connectivity index (χ0v) is 13.6. The van der Waals surface area contributed by atoms with E-state index in [9.17, 15) is 9.18 Å². The topological polar surface area (TPSA) is 39.2 Å². The number of rotatable bonds is 3. The molecular formula is C19H20FNO2. The molecule has 1 aromatic carbocycles. The van der Waals surface area contributed by atoms with Crippen LogP contribution in [0.5, 0.6) is 0 Å². The van der Waals surface area contributed by atoms with Crippen molar-refractivity contribution in [2.45, 2.75) is 44.6 Å². The van der Waals surface area contributed by atoms with Crippen molar-refractivity contribution in [1.29, 1.82) is 0 Å². The summed E-state index contributed by atoms with van der Waals surface area (Å²) in [5, 5.41) is 0. The van der Waals surface area contributed by atoms with Crippen LogP contribution in [0, 0.1) is 5.82 Å². The van der Waals surface area contributed by atoms with Crippen molar-refractivity contribution < 1.29 is 13.9 Å². The van der Waals surface area contributed by atoms with Crippen LogP contribution in [0.1, 0.15) is 39.3 Å². The Morgan fingerprint density at radius 1 is 1.17 bits per heavy atom. The Bertz CT molecular complexity index is 728. The molecule has 4 heteroatoms. The number of carbonyl (C=O) groups is 1. The average Bonchev–Trinajstić information content (AvgIpc) is 3.28. The molecule has 1 aliphatic rings. The highest BCUT2D eigenvalue weighted by molar-refractivity contribution is 5.86. The zero-order chi connectivity index (χ0) is 16.7. The second-order valence-electron chi connectivity index (χ2n) is 7.00. The minimum Gasteiger partial charge on any atom is -0.459 e. The van der Waals surface area contributed by atoms with E-state index in [0.717, 1.165) is 12.8 Å². The number of nitrogens with zero attached hydrogens (tertiary/aromatic N) is 1. The molecular weight excluding hydrogens is 293 g/mol. The fourth-order valence-electron chi connectivity index (χ4n) is 2.60. The van der Waals surface area contributed by atoms with Crippen LogP contribution < -0.4 is 0 Å². The molecule has 0 amide bonds. The summed E-state index contributed by atoms with van der Waals surface area (Å²) in [6, 6.07) is 10.2. The lowest BCUT2D eigenvalue weighted by Crippen LogP contribution is -2.32. The van der Waals surface area contributed by atoms with E-state index in [4.69, 9.17) is 4.74 Å². The zero-order valence-electron chi connectivity index (χ0n) is 13.6. The largest absolute Gasteiger partial charge is 0.459 e. The molecule has 0 radical (unpaired) electrons. The van der Waals surface area contributed by atoms with Crippen molar-refractivity contribution >= 4 is 5.97 Å².